The molecule has 8 rings (SSSR count). The van der Waals surface area contributed by atoms with Crippen LogP contribution in [-0.4, -0.2) is 43.5 Å². The number of hydrogen-bond donors (Lipinski definition) is 1. The van der Waals surface area contributed by atoms with Gasteiger partial charge in [0.15, 0.2) is 23.1 Å². The van der Waals surface area contributed by atoms with Gasteiger partial charge in [-0.1, -0.05) is 54.6 Å². The summed E-state index contributed by atoms with van der Waals surface area (Å²) in [6.07, 6.45) is 2.04. The van der Waals surface area contributed by atoms with Crippen LogP contribution in [0.25, 0.3) is 5.57 Å². The predicted octanol–water partition coefficient (Wildman–Crippen LogP) is 5.67. The normalized spacial score (nSPS) is 23.9. The van der Waals surface area contributed by atoms with Crippen molar-refractivity contribution in [3.63, 3.8) is 0 Å². The Labute approximate surface area is 253 Å². The lowest BCUT2D eigenvalue weighted by Crippen LogP contribution is -2.51. The van der Waals surface area contributed by atoms with E-state index in [2.05, 4.69) is 5.32 Å². The number of ketones is 2. The quantitative estimate of drug-likeness (QED) is 0.302. The molecule has 4 aromatic carbocycles. The van der Waals surface area contributed by atoms with Gasteiger partial charge in [0.05, 0.1) is 19.1 Å². The van der Waals surface area contributed by atoms with Crippen molar-refractivity contribution >= 4 is 34.4 Å². The first kappa shape index (κ1) is 26.3. The van der Waals surface area contributed by atoms with E-state index in [1.54, 1.807) is 49.6 Å². The van der Waals surface area contributed by atoms with Crippen LogP contribution in [-0.2, 0) is 10.2 Å². The Morgan fingerprint density at radius 1 is 0.886 bits per heavy atom. The average Bonchev–Trinajstić information content (AvgIpc) is 3.73. The molecule has 1 saturated heterocycles. The first-order chi connectivity index (χ1) is 21.4. The molecule has 0 aliphatic carbocycles. The minimum absolute atomic E-state index is 0.0593. The number of rotatable bonds is 5. The zero-order valence-corrected chi connectivity index (χ0v) is 24.1. The van der Waals surface area contributed by atoms with Gasteiger partial charge in [-0.2, -0.15) is 0 Å². The number of carbonyl (C=O) groups excluding carboxylic acids is 3. The van der Waals surface area contributed by atoms with Crippen LogP contribution in [0.1, 0.15) is 38.8 Å². The Morgan fingerprint density at radius 2 is 1.66 bits per heavy atom. The van der Waals surface area contributed by atoms with Crippen molar-refractivity contribution in [1.29, 1.82) is 0 Å². The Bertz CT molecular complexity index is 1930. The topological polar surface area (TPSA) is 94.2 Å². The molecule has 8 nitrogen and oxygen atoms in total. The summed E-state index contributed by atoms with van der Waals surface area (Å²) in [5, 5.41) is 3.07. The first-order valence-electron chi connectivity index (χ1n) is 14.5. The van der Waals surface area contributed by atoms with Crippen LogP contribution < -0.4 is 24.4 Å². The molecule has 4 aliphatic heterocycles. The van der Waals surface area contributed by atoms with Gasteiger partial charge in [-0.05, 0) is 60.5 Å². The summed E-state index contributed by atoms with van der Waals surface area (Å²) in [6.45, 7) is 2.07. The summed E-state index contributed by atoms with van der Waals surface area (Å²) in [6, 6.07) is 25.6. The van der Waals surface area contributed by atoms with E-state index >= 15 is 4.79 Å². The SMILES string of the molecule is COc1cccc(C(=O)[C@@H]2[C@H](C(=O)c3ccc4c(c3)OCO4)[C@]3(C(=O)Nc4ccccc43)[C@H]3C=C(C)c4ccccc4N23)c1. The minimum atomic E-state index is -1.40. The van der Waals surface area contributed by atoms with E-state index in [9.17, 15) is 9.59 Å². The van der Waals surface area contributed by atoms with Crippen molar-refractivity contribution in [2.75, 3.05) is 24.1 Å². The number of para-hydroxylation sites is 2. The number of methoxy groups -OCH3 is 1. The number of hydrogen-bond acceptors (Lipinski definition) is 7. The molecule has 0 bridgehead atoms. The van der Waals surface area contributed by atoms with Gasteiger partial charge in [-0.25, -0.2) is 0 Å². The third-order valence-corrected chi connectivity index (χ3v) is 9.45. The summed E-state index contributed by atoms with van der Waals surface area (Å²) < 4.78 is 16.6. The molecular weight excluding hydrogens is 556 g/mol. The van der Waals surface area contributed by atoms with E-state index in [0.717, 1.165) is 16.8 Å². The highest BCUT2D eigenvalue weighted by atomic mass is 16.7. The molecule has 0 radical (unpaired) electrons. The van der Waals surface area contributed by atoms with Crippen molar-refractivity contribution in [2.24, 2.45) is 5.92 Å². The number of ether oxygens (including phenoxy) is 3. The van der Waals surface area contributed by atoms with Gasteiger partial charge in [0.1, 0.15) is 17.2 Å². The van der Waals surface area contributed by atoms with Crippen molar-refractivity contribution < 1.29 is 28.6 Å². The zero-order chi connectivity index (χ0) is 30.2. The van der Waals surface area contributed by atoms with Gasteiger partial charge >= 0.3 is 0 Å². The fraction of sp³-hybridized carbons (Fsp3) is 0.194. The molecule has 0 unspecified atom stereocenters. The molecule has 4 aliphatic rings. The summed E-state index contributed by atoms with van der Waals surface area (Å²) >= 11 is 0. The molecule has 8 heteroatoms. The van der Waals surface area contributed by atoms with Gasteiger partial charge < -0.3 is 24.4 Å². The van der Waals surface area contributed by atoms with E-state index < -0.39 is 23.4 Å². The van der Waals surface area contributed by atoms with Gasteiger partial charge in [-0.15, -0.1) is 0 Å². The molecule has 4 aromatic rings. The Morgan fingerprint density at radius 3 is 2.52 bits per heavy atom. The summed E-state index contributed by atoms with van der Waals surface area (Å²) in [7, 11) is 1.55. The van der Waals surface area contributed by atoms with E-state index in [1.807, 2.05) is 66.4 Å². The van der Waals surface area contributed by atoms with Crippen LogP contribution in [0.3, 0.4) is 0 Å². The van der Waals surface area contributed by atoms with E-state index in [-0.39, 0.29) is 24.3 Å². The number of nitrogens with one attached hydrogen (secondary N) is 1. The number of anilines is 2. The largest absolute Gasteiger partial charge is 0.497 e. The molecule has 44 heavy (non-hydrogen) atoms. The Balaban J connectivity index is 1.42. The smallest absolute Gasteiger partial charge is 0.238 e. The number of amides is 1. The third kappa shape index (κ3) is 3.48. The summed E-state index contributed by atoms with van der Waals surface area (Å²) in [5.41, 5.74) is 3.39. The van der Waals surface area contributed by atoms with Crippen LogP contribution in [0.15, 0.2) is 97.1 Å². The van der Waals surface area contributed by atoms with E-state index in [0.29, 0.717) is 39.6 Å². The van der Waals surface area contributed by atoms with Crippen molar-refractivity contribution in [1.82, 2.24) is 0 Å². The molecule has 4 heterocycles. The fourth-order valence-electron chi connectivity index (χ4n) is 7.56. The molecule has 1 fully saturated rings. The fourth-order valence-corrected chi connectivity index (χ4v) is 7.56. The van der Waals surface area contributed by atoms with Gasteiger partial charge in [0, 0.05) is 28.1 Å². The molecule has 0 aromatic heterocycles. The maximum atomic E-state index is 15.1. The standard InChI is InChI=1S/C36H28N2O6/c1-20-16-30-36(25-11-4-5-12-26(25)37-35(36)41)31(33(39)22-14-15-28-29(18-22)44-19-43-28)32(38(30)27-13-6-3-10-24(20)27)34(40)21-8-7-9-23(17-21)42-2/h3-18,30-32H,19H2,1-2H3,(H,37,41)/t30-,31-,32+,36-/m1/s1. The average molecular weight is 585 g/mol. The van der Waals surface area contributed by atoms with E-state index in [1.165, 1.54) is 0 Å². The number of fused-ring (bicyclic) bond motifs is 7. The number of allylic oxidation sites excluding steroid dienone is 1. The van der Waals surface area contributed by atoms with Crippen LogP contribution in [0.5, 0.6) is 17.2 Å². The molecular formula is C36H28N2O6. The second kappa shape index (κ2) is 9.57. The second-order valence-electron chi connectivity index (χ2n) is 11.5. The monoisotopic (exact) mass is 584 g/mol. The number of carbonyl (C=O) groups is 3. The zero-order valence-electron chi connectivity index (χ0n) is 24.1. The minimum Gasteiger partial charge on any atom is -0.497 e. The first-order valence-corrected chi connectivity index (χ1v) is 14.5. The number of benzene rings is 4. The number of nitrogens with zero attached hydrogens (tertiary/aromatic N) is 1. The van der Waals surface area contributed by atoms with Crippen molar-refractivity contribution in [3.05, 3.63) is 119 Å². The Kier molecular flexibility index (Phi) is 5.71. The van der Waals surface area contributed by atoms with Crippen LogP contribution >= 0.6 is 0 Å². The molecule has 1 N–H and O–H groups in total. The lowest BCUT2D eigenvalue weighted by molar-refractivity contribution is -0.121. The molecule has 0 saturated carbocycles. The summed E-state index contributed by atoms with van der Waals surface area (Å²) in [5.74, 6) is -0.478. The van der Waals surface area contributed by atoms with Gasteiger partial charge in [-0.3, -0.25) is 14.4 Å². The van der Waals surface area contributed by atoms with Crippen molar-refractivity contribution in [2.45, 2.75) is 24.4 Å². The highest BCUT2D eigenvalue weighted by Gasteiger charge is 2.70. The highest BCUT2D eigenvalue weighted by molar-refractivity contribution is 6.18. The lowest BCUT2D eigenvalue weighted by Gasteiger charge is -2.39. The molecule has 1 amide bonds. The summed E-state index contributed by atoms with van der Waals surface area (Å²) in [4.78, 5) is 46.5. The van der Waals surface area contributed by atoms with E-state index in [4.69, 9.17) is 14.2 Å². The van der Waals surface area contributed by atoms with Crippen LogP contribution in [0, 0.1) is 5.92 Å². The van der Waals surface area contributed by atoms with Crippen molar-refractivity contribution in [3.8, 4) is 17.2 Å². The maximum Gasteiger partial charge on any atom is 0.238 e. The maximum absolute atomic E-state index is 15.1. The van der Waals surface area contributed by atoms with Gasteiger partial charge in [0.25, 0.3) is 0 Å². The van der Waals surface area contributed by atoms with Gasteiger partial charge in [0.2, 0.25) is 12.7 Å². The molecule has 1 spiro atoms. The molecule has 218 valence electrons. The predicted molar refractivity (Wildman–Crippen MR) is 165 cm³/mol. The number of Topliss-reactive ketones (excluding diaryl/α,β-unsaturated/α-hetero) is 2. The lowest BCUT2D eigenvalue weighted by atomic mass is 9.64. The van der Waals surface area contributed by atoms with Crippen LogP contribution in [0.4, 0.5) is 11.4 Å². The Hall–Kier alpha value is -5.37. The second-order valence-corrected chi connectivity index (χ2v) is 11.5. The third-order valence-electron chi connectivity index (χ3n) is 9.45. The highest BCUT2D eigenvalue weighted by Crippen LogP contribution is 2.59. The van der Waals surface area contributed by atoms with Crippen LogP contribution in [0.2, 0.25) is 0 Å². The molecule has 4 atom stereocenters.